The van der Waals surface area contributed by atoms with Gasteiger partial charge in [0.2, 0.25) is 0 Å². The van der Waals surface area contributed by atoms with Crippen LogP contribution in [0.5, 0.6) is 0 Å². The highest BCUT2D eigenvalue weighted by atomic mass is 32.2. The van der Waals surface area contributed by atoms with Crippen molar-refractivity contribution in [2.24, 2.45) is 0 Å². The second-order valence-electron chi connectivity index (χ2n) is 4.33. The Morgan fingerprint density at radius 1 is 1.15 bits per heavy atom. The molecule has 5 heteroatoms. The van der Waals surface area contributed by atoms with Gasteiger partial charge in [-0.1, -0.05) is 43.4 Å². The van der Waals surface area contributed by atoms with Crippen LogP contribution in [0.2, 0.25) is 0 Å². The quantitative estimate of drug-likeness (QED) is 0.521. The van der Waals surface area contributed by atoms with E-state index in [0.29, 0.717) is 0 Å². The molecule has 0 fully saturated rings. The maximum Gasteiger partial charge on any atom is 0.136 e. The fraction of sp³-hybridized carbons (Fsp3) is 0.467. The summed E-state index contributed by atoms with van der Waals surface area (Å²) in [5.74, 6) is 6.00. The first-order chi connectivity index (χ1) is 9.41. The van der Waals surface area contributed by atoms with Gasteiger partial charge in [0, 0.05) is 6.42 Å². The summed E-state index contributed by atoms with van der Waals surface area (Å²) in [4.78, 5) is -0.178. The van der Waals surface area contributed by atoms with E-state index in [2.05, 4.69) is 24.5 Å². The van der Waals surface area contributed by atoms with Gasteiger partial charge in [0.1, 0.15) is 16.7 Å². The van der Waals surface area contributed by atoms with Gasteiger partial charge in [0.05, 0.1) is 4.90 Å². The van der Waals surface area contributed by atoms with E-state index in [9.17, 15) is 13.0 Å². The third kappa shape index (κ3) is 9.56. The summed E-state index contributed by atoms with van der Waals surface area (Å²) in [7, 11) is -4.27. The van der Waals surface area contributed by atoms with Crippen molar-refractivity contribution in [1.82, 2.24) is 0 Å². The molecular weight excluding hydrogens is 274 g/mol. The summed E-state index contributed by atoms with van der Waals surface area (Å²) in [5.41, 5.74) is 4.56. The van der Waals surface area contributed by atoms with Gasteiger partial charge in [0.25, 0.3) is 0 Å². The van der Waals surface area contributed by atoms with Crippen LogP contribution in [-0.4, -0.2) is 19.5 Å². The Bertz CT molecular complexity index is 524. The lowest BCUT2D eigenvalue weighted by Gasteiger charge is -2.05. The van der Waals surface area contributed by atoms with Crippen LogP contribution in [-0.2, 0) is 10.1 Å². The van der Waals surface area contributed by atoms with E-state index in [1.165, 1.54) is 31.4 Å². The molecule has 0 radical (unpaired) electrons. The van der Waals surface area contributed by atoms with Crippen LogP contribution in [0.3, 0.4) is 0 Å². The highest BCUT2D eigenvalue weighted by Crippen LogP contribution is 2.08. The van der Waals surface area contributed by atoms with E-state index in [1.807, 2.05) is 6.92 Å². The Labute approximate surface area is 122 Å². The Hall–Kier alpha value is -1.35. The molecule has 112 valence electrons. The summed E-state index contributed by atoms with van der Waals surface area (Å²) < 4.78 is 31.2. The van der Waals surface area contributed by atoms with Crippen molar-refractivity contribution >= 4 is 10.1 Å². The van der Waals surface area contributed by atoms with Crippen molar-refractivity contribution in [2.45, 2.75) is 44.4 Å². The Kier molecular flexibility index (Phi) is 9.73. The van der Waals surface area contributed by atoms with Crippen LogP contribution >= 0.6 is 0 Å². The molecule has 1 aromatic rings. The zero-order valence-corrected chi connectivity index (χ0v) is 13.0. The average molecular weight is 297 g/mol. The lowest BCUT2D eigenvalue weighted by atomic mass is 10.2. The van der Waals surface area contributed by atoms with Crippen molar-refractivity contribution in [2.75, 3.05) is 6.54 Å². The van der Waals surface area contributed by atoms with Gasteiger partial charge in [0.15, 0.2) is 0 Å². The highest BCUT2D eigenvalue weighted by Gasteiger charge is 1.97. The third-order valence-electron chi connectivity index (χ3n) is 2.46. The predicted molar refractivity (Wildman–Crippen MR) is 78.8 cm³/mol. The summed E-state index contributed by atoms with van der Waals surface area (Å²) in [6.45, 7) is 4.78. The first-order valence-corrected chi connectivity index (χ1v) is 8.10. The SMILES string of the molecule is CCCCCC#CC[NH3+].Cc1ccc(S(=O)(=O)[O-])cc1. The lowest BCUT2D eigenvalue weighted by Crippen LogP contribution is -2.49. The maximum absolute atomic E-state index is 10.4. The van der Waals surface area contributed by atoms with Crippen molar-refractivity contribution in [3.05, 3.63) is 29.8 Å². The van der Waals surface area contributed by atoms with Crippen molar-refractivity contribution in [3.8, 4) is 11.8 Å². The fourth-order valence-electron chi connectivity index (χ4n) is 1.35. The molecule has 0 aromatic heterocycles. The van der Waals surface area contributed by atoms with E-state index < -0.39 is 10.1 Å². The largest absolute Gasteiger partial charge is 0.744 e. The smallest absolute Gasteiger partial charge is 0.136 e. The van der Waals surface area contributed by atoms with Crippen LogP contribution in [0.25, 0.3) is 0 Å². The zero-order valence-electron chi connectivity index (χ0n) is 12.2. The van der Waals surface area contributed by atoms with Gasteiger partial charge in [-0.2, -0.15) is 0 Å². The Balaban J connectivity index is 0.000000370. The number of hydrogen-bond acceptors (Lipinski definition) is 3. The molecule has 0 aliphatic heterocycles. The van der Waals surface area contributed by atoms with Gasteiger partial charge in [-0.3, -0.25) is 0 Å². The molecule has 0 aliphatic carbocycles. The van der Waals surface area contributed by atoms with Gasteiger partial charge >= 0.3 is 0 Å². The number of hydrogen-bond donors (Lipinski definition) is 1. The topological polar surface area (TPSA) is 84.8 Å². The van der Waals surface area contributed by atoms with Crippen LogP contribution in [0.1, 0.15) is 38.2 Å². The molecule has 4 nitrogen and oxygen atoms in total. The molecule has 1 rings (SSSR count). The number of benzene rings is 1. The first-order valence-electron chi connectivity index (χ1n) is 6.69. The third-order valence-corrected chi connectivity index (χ3v) is 3.31. The Morgan fingerprint density at radius 3 is 2.20 bits per heavy atom. The molecular formula is C15H23NO3S. The molecule has 0 unspecified atom stereocenters. The molecule has 3 N–H and O–H groups in total. The minimum atomic E-state index is -4.27. The maximum atomic E-state index is 10.4. The highest BCUT2D eigenvalue weighted by molar-refractivity contribution is 7.85. The molecule has 0 saturated heterocycles. The van der Waals surface area contributed by atoms with E-state index in [0.717, 1.165) is 18.5 Å². The number of quaternary nitrogens is 1. The summed E-state index contributed by atoms with van der Waals surface area (Å²) in [5, 5.41) is 0. The summed E-state index contributed by atoms with van der Waals surface area (Å²) in [6.07, 6.45) is 4.91. The normalized spacial score (nSPS) is 10.0. The van der Waals surface area contributed by atoms with Crippen molar-refractivity contribution < 1.29 is 18.7 Å². The summed E-state index contributed by atoms with van der Waals surface area (Å²) in [6, 6.07) is 5.78. The van der Waals surface area contributed by atoms with Crippen LogP contribution < -0.4 is 5.73 Å². The first kappa shape index (κ1) is 18.7. The lowest BCUT2D eigenvalue weighted by molar-refractivity contribution is -0.349. The summed E-state index contributed by atoms with van der Waals surface area (Å²) >= 11 is 0. The second-order valence-corrected chi connectivity index (χ2v) is 5.71. The molecule has 0 bridgehead atoms. The minimum absolute atomic E-state index is 0.178. The van der Waals surface area contributed by atoms with Gasteiger partial charge in [-0.05, 0) is 31.4 Å². The predicted octanol–water partition coefficient (Wildman–Crippen LogP) is 1.71. The number of rotatable bonds is 4. The molecule has 0 aliphatic rings. The van der Waals surface area contributed by atoms with E-state index in [-0.39, 0.29) is 4.90 Å². The van der Waals surface area contributed by atoms with E-state index >= 15 is 0 Å². The minimum Gasteiger partial charge on any atom is -0.744 e. The standard InChI is InChI=1S/C8H15N.C7H8O3S/c1-2-3-4-5-6-7-8-9;1-6-2-4-7(5-3-6)11(8,9)10/h2-5,8-9H2,1H3;2-5H,1H3,(H,8,9,10). The van der Waals surface area contributed by atoms with Gasteiger partial charge in [-0.15, -0.1) is 0 Å². The van der Waals surface area contributed by atoms with Crippen LogP contribution in [0.15, 0.2) is 29.2 Å². The fourth-order valence-corrected chi connectivity index (χ4v) is 1.81. The molecule has 0 heterocycles. The number of unbranched alkanes of at least 4 members (excludes halogenated alkanes) is 3. The van der Waals surface area contributed by atoms with Crippen LogP contribution in [0.4, 0.5) is 0 Å². The van der Waals surface area contributed by atoms with Crippen molar-refractivity contribution in [1.29, 1.82) is 0 Å². The zero-order chi connectivity index (χ0) is 15.4. The second kappa shape index (κ2) is 10.4. The average Bonchev–Trinajstić information content (AvgIpc) is 2.39. The van der Waals surface area contributed by atoms with E-state index in [4.69, 9.17) is 0 Å². The van der Waals surface area contributed by atoms with Gasteiger partial charge in [-0.25, -0.2) is 8.42 Å². The molecule has 1 aromatic carbocycles. The molecule has 0 atom stereocenters. The monoisotopic (exact) mass is 297 g/mol. The Morgan fingerprint density at radius 2 is 1.75 bits per heavy atom. The number of aryl methyl sites for hydroxylation is 1. The van der Waals surface area contributed by atoms with Crippen molar-refractivity contribution in [3.63, 3.8) is 0 Å². The molecule has 0 amide bonds. The molecule has 0 spiro atoms. The van der Waals surface area contributed by atoms with Crippen LogP contribution in [0, 0.1) is 18.8 Å². The molecule has 0 saturated carbocycles. The van der Waals surface area contributed by atoms with E-state index in [1.54, 1.807) is 12.1 Å². The van der Waals surface area contributed by atoms with Gasteiger partial charge < -0.3 is 10.3 Å². The molecule has 20 heavy (non-hydrogen) atoms.